The molecule has 1 aromatic heterocycles. The molecule has 21 heavy (non-hydrogen) atoms. The van der Waals surface area contributed by atoms with E-state index in [0.29, 0.717) is 0 Å². The van der Waals surface area contributed by atoms with Crippen LogP contribution in [-0.4, -0.2) is 23.1 Å². The highest BCUT2D eigenvalue weighted by Crippen LogP contribution is 2.23. The minimum atomic E-state index is 0.229. The Morgan fingerprint density at radius 1 is 1.10 bits per heavy atom. The second kappa shape index (κ2) is 6.12. The third-order valence-corrected chi connectivity index (χ3v) is 3.92. The van der Waals surface area contributed by atoms with E-state index in [1.165, 1.54) is 18.4 Å². The summed E-state index contributed by atoms with van der Waals surface area (Å²) in [6.45, 7) is 6.31. The molecule has 1 unspecified atom stereocenters. The van der Waals surface area contributed by atoms with Gasteiger partial charge in [0.2, 0.25) is 0 Å². The molecule has 0 saturated carbocycles. The van der Waals surface area contributed by atoms with E-state index in [-0.39, 0.29) is 6.04 Å². The maximum atomic E-state index is 4.57. The van der Waals surface area contributed by atoms with Crippen LogP contribution >= 0.6 is 0 Å². The average Bonchev–Trinajstić information content (AvgIpc) is 3.02. The van der Waals surface area contributed by atoms with Gasteiger partial charge in [0.1, 0.15) is 17.5 Å². The Hall–Kier alpha value is -2.10. The van der Waals surface area contributed by atoms with Gasteiger partial charge >= 0.3 is 0 Å². The molecule has 1 atom stereocenters. The summed E-state index contributed by atoms with van der Waals surface area (Å²) in [4.78, 5) is 11.4. The highest BCUT2D eigenvalue weighted by molar-refractivity contribution is 5.51. The third kappa shape index (κ3) is 3.32. The van der Waals surface area contributed by atoms with Crippen molar-refractivity contribution in [2.75, 3.05) is 23.3 Å². The van der Waals surface area contributed by atoms with Gasteiger partial charge in [0.25, 0.3) is 0 Å². The molecule has 0 aliphatic carbocycles. The van der Waals surface area contributed by atoms with Gasteiger partial charge in [0.05, 0.1) is 0 Å². The minimum Gasteiger partial charge on any atom is -0.363 e. The Kier molecular flexibility index (Phi) is 4.04. The molecule has 110 valence electrons. The molecule has 1 aromatic carbocycles. The zero-order chi connectivity index (χ0) is 14.7. The van der Waals surface area contributed by atoms with E-state index >= 15 is 0 Å². The molecule has 2 aromatic rings. The molecule has 0 spiro atoms. The van der Waals surface area contributed by atoms with Gasteiger partial charge in [-0.1, -0.05) is 30.3 Å². The molecule has 0 amide bonds. The predicted molar refractivity (Wildman–Crippen MR) is 86.7 cm³/mol. The number of aryl methyl sites for hydroxylation is 1. The van der Waals surface area contributed by atoms with E-state index in [4.69, 9.17) is 0 Å². The summed E-state index contributed by atoms with van der Waals surface area (Å²) in [6.07, 6.45) is 2.51. The number of hydrogen-bond donors (Lipinski definition) is 1. The first kappa shape index (κ1) is 13.9. The van der Waals surface area contributed by atoms with Gasteiger partial charge in [0.15, 0.2) is 0 Å². The van der Waals surface area contributed by atoms with E-state index in [0.717, 1.165) is 30.5 Å². The van der Waals surface area contributed by atoms with Crippen LogP contribution in [0.5, 0.6) is 0 Å². The first-order valence-corrected chi connectivity index (χ1v) is 7.64. The van der Waals surface area contributed by atoms with Crippen LogP contribution in [0, 0.1) is 6.92 Å². The molecule has 4 heteroatoms. The molecular weight excluding hydrogens is 260 g/mol. The van der Waals surface area contributed by atoms with Crippen molar-refractivity contribution in [3.05, 3.63) is 47.8 Å². The first-order chi connectivity index (χ1) is 10.2. The SMILES string of the molecule is Cc1nc(NC(C)c2ccccc2)cc(N2CCCC2)n1. The van der Waals surface area contributed by atoms with Gasteiger partial charge in [-0.25, -0.2) is 9.97 Å². The topological polar surface area (TPSA) is 41.1 Å². The largest absolute Gasteiger partial charge is 0.363 e. The molecule has 1 aliphatic heterocycles. The van der Waals surface area contributed by atoms with Crippen molar-refractivity contribution in [2.24, 2.45) is 0 Å². The molecule has 1 N–H and O–H groups in total. The summed E-state index contributed by atoms with van der Waals surface area (Å²) < 4.78 is 0. The Morgan fingerprint density at radius 2 is 1.81 bits per heavy atom. The molecule has 3 rings (SSSR count). The highest BCUT2D eigenvalue weighted by Gasteiger charge is 2.15. The summed E-state index contributed by atoms with van der Waals surface area (Å²) in [5.74, 6) is 2.77. The van der Waals surface area contributed by atoms with E-state index in [1.54, 1.807) is 0 Å². The van der Waals surface area contributed by atoms with E-state index in [2.05, 4.69) is 57.4 Å². The molecule has 2 heterocycles. The summed E-state index contributed by atoms with van der Waals surface area (Å²) in [6, 6.07) is 12.7. The van der Waals surface area contributed by atoms with Crippen LogP contribution in [-0.2, 0) is 0 Å². The quantitative estimate of drug-likeness (QED) is 0.931. The predicted octanol–water partition coefficient (Wildman–Crippen LogP) is 3.56. The smallest absolute Gasteiger partial charge is 0.134 e. The van der Waals surface area contributed by atoms with Crippen LogP contribution in [0.4, 0.5) is 11.6 Å². The molecule has 4 nitrogen and oxygen atoms in total. The second-order valence-corrected chi connectivity index (χ2v) is 5.63. The number of rotatable bonds is 4. The Bertz CT molecular complexity index is 591. The number of benzene rings is 1. The third-order valence-electron chi connectivity index (χ3n) is 3.92. The van der Waals surface area contributed by atoms with Crippen molar-refractivity contribution in [1.82, 2.24) is 9.97 Å². The molecule has 0 radical (unpaired) electrons. The van der Waals surface area contributed by atoms with Crippen molar-refractivity contribution < 1.29 is 0 Å². The summed E-state index contributed by atoms with van der Waals surface area (Å²) in [5, 5.41) is 3.49. The fourth-order valence-electron chi connectivity index (χ4n) is 2.78. The number of aromatic nitrogens is 2. The zero-order valence-corrected chi connectivity index (χ0v) is 12.7. The van der Waals surface area contributed by atoms with E-state index < -0.39 is 0 Å². The van der Waals surface area contributed by atoms with Gasteiger partial charge in [-0.05, 0) is 32.3 Å². The standard InChI is InChI=1S/C17H22N4/c1-13(15-8-4-3-5-9-15)18-16-12-17(20-14(2)19-16)21-10-6-7-11-21/h3-5,8-9,12-13H,6-7,10-11H2,1-2H3,(H,18,19,20). The minimum absolute atomic E-state index is 0.229. The zero-order valence-electron chi connectivity index (χ0n) is 12.7. The Morgan fingerprint density at radius 3 is 2.52 bits per heavy atom. The normalized spacial score (nSPS) is 16.0. The van der Waals surface area contributed by atoms with Crippen LogP contribution in [0.1, 0.15) is 37.2 Å². The van der Waals surface area contributed by atoms with Crippen molar-refractivity contribution in [3.63, 3.8) is 0 Å². The fraction of sp³-hybridized carbons (Fsp3) is 0.412. The summed E-state index contributed by atoms with van der Waals surface area (Å²) in [7, 11) is 0. The van der Waals surface area contributed by atoms with Crippen LogP contribution < -0.4 is 10.2 Å². The monoisotopic (exact) mass is 282 g/mol. The van der Waals surface area contributed by atoms with Gasteiger partial charge in [-0.3, -0.25) is 0 Å². The number of hydrogen-bond acceptors (Lipinski definition) is 4. The van der Waals surface area contributed by atoms with Crippen molar-refractivity contribution in [1.29, 1.82) is 0 Å². The lowest BCUT2D eigenvalue weighted by Gasteiger charge is -2.20. The average molecular weight is 282 g/mol. The van der Waals surface area contributed by atoms with Crippen molar-refractivity contribution in [3.8, 4) is 0 Å². The molecule has 1 aliphatic rings. The Balaban J connectivity index is 1.78. The van der Waals surface area contributed by atoms with Crippen LogP contribution in [0.3, 0.4) is 0 Å². The number of anilines is 2. The van der Waals surface area contributed by atoms with Crippen LogP contribution in [0.15, 0.2) is 36.4 Å². The molecular formula is C17H22N4. The van der Waals surface area contributed by atoms with Crippen molar-refractivity contribution in [2.45, 2.75) is 32.7 Å². The van der Waals surface area contributed by atoms with Gasteiger partial charge < -0.3 is 10.2 Å². The molecule has 1 saturated heterocycles. The fourth-order valence-corrected chi connectivity index (χ4v) is 2.78. The molecule has 0 bridgehead atoms. The summed E-state index contributed by atoms with van der Waals surface area (Å²) >= 11 is 0. The number of nitrogens with one attached hydrogen (secondary N) is 1. The first-order valence-electron chi connectivity index (χ1n) is 7.64. The molecule has 1 fully saturated rings. The summed E-state index contributed by atoms with van der Waals surface area (Å²) in [5.41, 5.74) is 1.26. The highest BCUT2D eigenvalue weighted by atomic mass is 15.2. The van der Waals surface area contributed by atoms with E-state index in [1.807, 2.05) is 13.0 Å². The van der Waals surface area contributed by atoms with Crippen molar-refractivity contribution >= 4 is 11.6 Å². The Labute approximate surface area is 126 Å². The van der Waals surface area contributed by atoms with Gasteiger partial charge in [-0.15, -0.1) is 0 Å². The lowest BCUT2D eigenvalue weighted by molar-refractivity contribution is 0.858. The maximum absolute atomic E-state index is 4.57. The number of nitrogens with zero attached hydrogens (tertiary/aromatic N) is 3. The lowest BCUT2D eigenvalue weighted by Crippen LogP contribution is -2.20. The maximum Gasteiger partial charge on any atom is 0.134 e. The second-order valence-electron chi connectivity index (χ2n) is 5.63. The van der Waals surface area contributed by atoms with Gasteiger partial charge in [0, 0.05) is 25.2 Å². The lowest BCUT2D eigenvalue weighted by atomic mass is 10.1. The van der Waals surface area contributed by atoms with Crippen LogP contribution in [0.25, 0.3) is 0 Å². The van der Waals surface area contributed by atoms with E-state index in [9.17, 15) is 0 Å². The van der Waals surface area contributed by atoms with Gasteiger partial charge in [-0.2, -0.15) is 0 Å². The van der Waals surface area contributed by atoms with Crippen LogP contribution in [0.2, 0.25) is 0 Å².